The van der Waals surface area contributed by atoms with Crippen molar-refractivity contribution >= 4 is 28.5 Å². The summed E-state index contributed by atoms with van der Waals surface area (Å²) < 4.78 is 12.2. The highest BCUT2D eigenvalue weighted by Gasteiger charge is 2.04. The van der Waals surface area contributed by atoms with Crippen LogP contribution in [0.5, 0.6) is 11.5 Å². The molecule has 0 aliphatic heterocycles. The highest BCUT2D eigenvalue weighted by molar-refractivity contribution is 14.1. The third-order valence-electron chi connectivity index (χ3n) is 2.94. The summed E-state index contributed by atoms with van der Waals surface area (Å²) in [5.41, 5.74) is 0.991. The molecule has 0 aliphatic carbocycles. The third-order valence-corrected chi connectivity index (χ3v) is 3.66. The minimum atomic E-state index is -0.154. The van der Waals surface area contributed by atoms with Crippen molar-refractivity contribution in [1.29, 1.82) is 0 Å². The van der Waals surface area contributed by atoms with Crippen LogP contribution in [-0.2, 0) is 11.3 Å². The van der Waals surface area contributed by atoms with Gasteiger partial charge in [0.25, 0.3) is 5.91 Å². The van der Waals surface area contributed by atoms with Crippen LogP contribution >= 0.6 is 22.6 Å². The number of hydrogen-bond acceptors (Lipinski definition) is 3. The lowest BCUT2D eigenvalue weighted by atomic mass is 10.2. The number of hydrogen-bond donors (Lipinski definition) is 1. The van der Waals surface area contributed by atoms with Crippen molar-refractivity contribution < 1.29 is 14.3 Å². The molecule has 5 heteroatoms. The Labute approximate surface area is 150 Å². The van der Waals surface area contributed by atoms with Crippen LogP contribution in [0.25, 0.3) is 0 Å². The maximum absolute atomic E-state index is 11.9. The molecule has 2 rings (SSSR count). The monoisotopic (exact) mass is 425 g/mol. The quantitative estimate of drug-likeness (QED) is 0.688. The van der Waals surface area contributed by atoms with Crippen LogP contribution in [0.4, 0.5) is 0 Å². The van der Waals surface area contributed by atoms with Crippen molar-refractivity contribution in [3.05, 3.63) is 57.7 Å². The minimum absolute atomic E-state index is 0.00276. The van der Waals surface area contributed by atoms with Gasteiger partial charge in [-0.3, -0.25) is 4.79 Å². The van der Waals surface area contributed by atoms with E-state index in [4.69, 9.17) is 9.47 Å². The first-order chi connectivity index (χ1) is 11.0. The lowest BCUT2D eigenvalue weighted by molar-refractivity contribution is -0.123. The van der Waals surface area contributed by atoms with Gasteiger partial charge >= 0.3 is 0 Å². The number of amides is 1. The molecule has 0 atom stereocenters. The normalized spacial score (nSPS) is 10.4. The van der Waals surface area contributed by atoms with Crippen LogP contribution in [0, 0.1) is 3.57 Å². The molecule has 0 unspecified atom stereocenters. The largest absolute Gasteiger partial charge is 0.491 e. The fourth-order valence-corrected chi connectivity index (χ4v) is 2.29. The molecule has 0 radical (unpaired) electrons. The summed E-state index contributed by atoms with van der Waals surface area (Å²) in [7, 11) is 0. The van der Waals surface area contributed by atoms with E-state index in [1.807, 2.05) is 62.4 Å². The van der Waals surface area contributed by atoms with Gasteiger partial charge in [0.2, 0.25) is 0 Å². The molecule has 0 saturated heterocycles. The van der Waals surface area contributed by atoms with E-state index in [1.54, 1.807) is 0 Å². The first kappa shape index (κ1) is 17.6. The molecule has 2 aromatic carbocycles. The highest BCUT2D eigenvalue weighted by atomic mass is 127. The van der Waals surface area contributed by atoms with Gasteiger partial charge in [0.15, 0.2) is 6.61 Å². The number of rotatable bonds is 7. The second-order valence-corrected chi connectivity index (χ2v) is 6.58. The molecule has 23 heavy (non-hydrogen) atoms. The number of halogens is 1. The molecule has 1 N–H and O–H groups in total. The Hall–Kier alpha value is -1.76. The van der Waals surface area contributed by atoms with Gasteiger partial charge in [0.05, 0.1) is 6.10 Å². The molecule has 0 spiro atoms. The van der Waals surface area contributed by atoms with Crippen molar-refractivity contribution in [2.45, 2.75) is 26.5 Å². The van der Waals surface area contributed by atoms with Crippen molar-refractivity contribution in [3.63, 3.8) is 0 Å². The summed E-state index contributed by atoms with van der Waals surface area (Å²) in [5, 5.41) is 2.84. The van der Waals surface area contributed by atoms with E-state index >= 15 is 0 Å². The van der Waals surface area contributed by atoms with E-state index < -0.39 is 0 Å². The summed E-state index contributed by atoms with van der Waals surface area (Å²) in [6, 6.07) is 15.3. The Morgan fingerprint density at radius 1 is 1.13 bits per heavy atom. The number of ether oxygens (including phenoxy) is 2. The van der Waals surface area contributed by atoms with Crippen molar-refractivity contribution in [1.82, 2.24) is 5.32 Å². The van der Waals surface area contributed by atoms with E-state index in [-0.39, 0.29) is 18.6 Å². The van der Waals surface area contributed by atoms with Crippen LogP contribution in [0.2, 0.25) is 0 Å². The Morgan fingerprint density at radius 3 is 2.57 bits per heavy atom. The number of carbonyl (C=O) groups excluding carboxylic acids is 1. The summed E-state index contributed by atoms with van der Waals surface area (Å²) in [6.07, 6.45) is 0.127. The third kappa shape index (κ3) is 6.48. The molecule has 0 aliphatic rings. The fraction of sp³-hybridized carbons (Fsp3) is 0.278. The van der Waals surface area contributed by atoms with Crippen LogP contribution in [-0.4, -0.2) is 18.6 Å². The summed E-state index contributed by atoms with van der Waals surface area (Å²) in [5.74, 6) is 1.34. The Bertz CT molecular complexity index is 641. The first-order valence-electron chi connectivity index (χ1n) is 7.43. The molecule has 0 bridgehead atoms. The van der Waals surface area contributed by atoms with Crippen molar-refractivity contribution in [3.8, 4) is 11.5 Å². The van der Waals surface area contributed by atoms with Gasteiger partial charge in [-0.05, 0) is 78.4 Å². The average Bonchev–Trinajstić information content (AvgIpc) is 2.52. The van der Waals surface area contributed by atoms with E-state index in [0.717, 1.165) is 14.9 Å². The number of carbonyl (C=O) groups is 1. The molecule has 1 amide bonds. The predicted octanol–water partition coefficient (Wildman–Crippen LogP) is 3.77. The lowest BCUT2D eigenvalue weighted by Gasteiger charge is -2.11. The fourth-order valence-electron chi connectivity index (χ4n) is 1.93. The zero-order valence-corrected chi connectivity index (χ0v) is 15.4. The lowest BCUT2D eigenvalue weighted by Crippen LogP contribution is -2.28. The predicted molar refractivity (Wildman–Crippen MR) is 98.7 cm³/mol. The summed E-state index contributed by atoms with van der Waals surface area (Å²) >= 11 is 2.22. The van der Waals surface area contributed by atoms with Gasteiger partial charge in [0, 0.05) is 10.1 Å². The van der Waals surface area contributed by atoms with Gasteiger partial charge in [-0.15, -0.1) is 0 Å². The standard InChI is InChI=1S/C18H20INO3/c1-13(2)23-17-5-3-4-14(10-17)11-20-18(21)12-22-16-8-6-15(19)7-9-16/h3-10,13H,11-12H2,1-2H3,(H,20,21). The second-order valence-electron chi connectivity index (χ2n) is 5.33. The van der Waals surface area contributed by atoms with Crippen LogP contribution in [0.1, 0.15) is 19.4 Å². The summed E-state index contributed by atoms with van der Waals surface area (Å²) in [4.78, 5) is 11.9. The summed E-state index contributed by atoms with van der Waals surface area (Å²) in [6.45, 7) is 4.42. The highest BCUT2D eigenvalue weighted by Crippen LogP contribution is 2.15. The smallest absolute Gasteiger partial charge is 0.258 e. The van der Waals surface area contributed by atoms with Gasteiger partial charge in [-0.25, -0.2) is 0 Å². The van der Waals surface area contributed by atoms with Crippen molar-refractivity contribution in [2.75, 3.05) is 6.61 Å². The number of benzene rings is 2. The average molecular weight is 425 g/mol. The van der Waals surface area contributed by atoms with Gasteiger partial charge in [-0.1, -0.05) is 12.1 Å². The van der Waals surface area contributed by atoms with E-state index in [2.05, 4.69) is 27.9 Å². The van der Waals surface area contributed by atoms with Gasteiger partial charge < -0.3 is 14.8 Å². The van der Waals surface area contributed by atoms with Crippen molar-refractivity contribution in [2.24, 2.45) is 0 Å². The molecular weight excluding hydrogens is 405 g/mol. The van der Waals surface area contributed by atoms with Gasteiger partial charge in [0.1, 0.15) is 11.5 Å². The van der Waals surface area contributed by atoms with E-state index in [9.17, 15) is 4.79 Å². The molecular formula is C18H20INO3. The van der Waals surface area contributed by atoms with Gasteiger partial charge in [-0.2, -0.15) is 0 Å². The molecule has 0 heterocycles. The Kier molecular flexibility index (Phi) is 6.70. The maximum atomic E-state index is 11.9. The maximum Gasteiger partial charge on any atom is 0.258 e. The molecule has 0 fully saturated rings. The Morgan fingerprint density at radius 2 is 1.87 bits per heavy atom. The molecule has 0 saturated carbocycles. The second kappa shape index (κ2) is 8.76. The first-order valence-corrected chi connectivity index (χ1v) is 8.51. The molecule has 122 valence electrons. The minimum Gasteiger partial charge on any atom is -0.491 e. The zero-order valence-electron chi connectivity index (χ0n) is 13.2. The van der Waals surface area contributed by atoms with Crippen LogP contribution in [0.15, 0.2) is 48.5 Å². The van der Waals surface area contributed by atoms with Crippen LogP contribution in [0.3, 0.4) is 0 Å². The van der Waals surface area contributed by atoms with E-state index in [1.165, 1.54) is 0 Å². The SMILES string of the molecule is CC(C)Oc1cccc(CNC(=O)COc2ccc(I)cc2)c1. The van der Waals surface area contributed by atoms with Crippen LogP contribution < -0.4 is 14.8 Å². The topological polar surface area (TPSA) is 47.6 Å². The van der Waals surface area contributed by atoms with E-state index in [0.29, 0.717) is 12.3 Å². The molecule has 2 aromatic rings. The number of nitrogens with one attached hydrogen (secondary N) is 1. The molecule has 0 aromatic heterocycles. The molecule has 4 nitrogen and oxygen atoms in total. The Balaban J connectivity index is 1.78. The zero-order chi connectivity index (χ0) is 16.7.